The molecule has 0 aliphatic heterocycles. The first-order valence-electron chi connectivity index (χ1n) is 6.37. The van der Waals surface area contributed by atoms with E-state index in [2.05, 4.69) is 11.1 Å². The molecule has 0 fully saturated rings. The second kappa shape index (κ2) is 5.69. The number of benzene rings is 1. The Kier molecular flexibility index (Phi) is 3.90. The number of hydrogen-bond donors (Lipinski definition) is 1. The highest BCUT2D eigenvalue weighted by molar-refractivity contribution is 7.16. The minimum Gasteiger partial charge on any atom is -0.506 e. The molecule has 0 saturated heterocycles. The Morgan fingerprint density at radius 3 is 2.90 bits per heavy atom. The van der Waals surface area contributed by atoms with Gasteiger partial charge in [0.15, 0.2) is 0 Å². The molecule has 0 amide bonds. The molecule has 21 heavy (non-hydrogen) atoms. The van der Waals surface area contributed by atoms with E-state index >= 15 is 0 Å². The van der Waals surface area contributed by atoms with Crippen LogP contribution in [0.3, 0.4) is 0 Å². The third-order valence-electron chi connectivity index (χ3n) is 3.39. The molecule has 0 unspecified atom stereocenters. The third kappa shape index (κ3) is 2.65. The Labute approximate surface area is 136 Å². The number of rotatable bonds is 2. The van der Waals surface area contributed by atoms with Crippen molar-refractivity contribution < 1.29 is 5.11 Å². The highest BCUT2D eigenvalue weighted by Crippen LogP contribution is 2.40. The third-order valence-corrected chi connectivity index (χ3v) is 5.10. The van der Waals surface area contributed by atoms with E-state index in [4.69, 9.17) is 23.2 Å². The molecular formula is C15H10Cl2N2OS. The first-order valence-corrected chi connectivity index (χ1v) is 7.94. The zero-order valence-corrected chi connectivity index (χ0v) is 13.2. The minimum absolute atomic E-state index is 0.0626. The van der Waals surface area contributed by atoms with Crippen LogP contribution in [-0.4, -0.2) is 11.3 Å². The van der Waals surface area contributed by atoms with Crippen LogP contribution in [0.5, 0.6) is 5.75 Å². The summed E-state index contributed by atoms with van der Waals surface area (Å²) in [6.07, 6.45) is 4.55. The molecular weight excluding hydrogens is 327 g/mol. The lowest BCUT2D eigenvalue weighted by atomic mass is 10.1. The largest absolute Gasteiger partial charge is 0.506 e. The lowest BCUT2D eigenvalue weighted by molar-refractivity contribution is 0.475. The maximum Gasteiger partial charge on any atom is 0.143 e. The summed E-state index contributed by atoms with van der Waals surface area (Å²) in [4.78, 5) is 5.59. The number of thiophene rings is 1. The van der Waals surface area contributed by atoms with Gasteiger partial charge in [-0.1, -0.05) is 23.2 Å². The number of halogens is 2. The van der Waals surface area contributed by atoms with Gasteiger partial charge in [-0.05, 0) is 37.0 Å². The van der Waals surface area contributed by atoms with E-state index in [1.54, 1.807) is 6.07 Å². The van der Waals surface area contributed by atoms with Gasteiger partial charge in [0.2, 0.25) is 0 Å². The zero-order chi connectivity index (χ0) is 15.0. The molecule has 2 aromatic rings. The molecule has 106 valence electrons. The van der Waals surface area contributed by atoms with Crippen LogP contribution < -0.4 is 0 Å². The fourth-order valence-electron chi connectivity index (χ4n) is 2.41. The SMILES string of the molecule is N#Cc1c(N=Cc2cc(Cl)cc(Cl)c2O)sc2c1CCC2. The first kappa shape index (κ1) is 14.4. The fourth-order valence-corrected chi connectivity index (χ4v) is 4.10. The molecule has 1 aliphatic rings. The molecule has 1 aromatic heterocycles. The van der Waals surface area contributed by atoms with Crippen molar-refractivity contribution in [2.75, 3.05) is 0 Å². The number of nitriles is 1. The molecule has 0 atom stereocenters. The maximum absolute atomic E-state index is 9.90. The summed E-state index contributed by atoms with van der Waals surface area (Å²) in [5.41, 5.74) is 2.21. The molecule has 1 aromatic carbocycles. The highest BCUT2D eigenvalue weighted by Gasteiger charge is 2.21. The van der Waals surface area contributed by atoms with E-state index in [1.807, 2.05) is 0 Å². The summed E-state index contributed by atoms with van der Waals surface area (Å²) < 4.78 is 0. The Bertz CT molecular complexity index is 790. The molecule has 6 heteroatoms. The van der Waals surface area contributed by atoms with Gasteiger partial charge >= 0.3 is 0 Å². The van der Waals surface area contributed by atoms with Crippen molar-refractivity contribution >= 4 is 45.8 Å². The van der Waals surface area contributed by atoms with Gasteiger partial charge in [0.05, 0.1) is 10.6 Å². The maximum atomic E-state index is 9.90. The van der Waals surface area contributed by atoms with Crippen LogP contribution in [0, 0.1) is 11.3 Å². The quantitative estimate of drug-likeness (QED) is 0.795. The zero-order valence-electron chi connectivity index (χ0n) is 10.9. The van der Waals surface area contributed by atoms with E-state index < -0.39 is 0 Å². The van der Waals surface area contributed by atoms with Crippen molar-refractivity contribution in [1.29, 1.82) is 5.26 Å². The summed E-state index contributed by atoms with van der Waals surface area (Å²) in [5.74, 6) is -0.0626. The fraction of sp³-hybridized carbons (Fsp3) is 0.200. The molecule has 0 spiro atoms. The van der Waals surface area contributed by atoms with E-state index in [0.29, 0.717) is 21.2 Å². The number of aryl methyl sites for hydroxylation is 1. The van der Waals surface area contributed by atoms with Gasteiger partial charge in [0.25, 0.3) is 0 Å². The standard InChI is InChI=1S/C15H10Cl2N2OS/c16-9-4-8(14(20)12(17)5-9)7-19-15-11(6-18)10-2-1-3-13(10)21-15/h4-5,7,20H,1-3H2. The van der Waals surface area contributed by atoms with Crippen molar-refractivity contribution in [3.05, 3.63) is 43.7 Å². The Balaban J connectivity index is 2.00. The van der Waals surface area contributed by atoms with Crippen LogP contribution in [0.1, 0.15) is 28.0 Å². The Hall–Kier alpha value is -1.54. The number of phenolic OH excluding ortho intramolecular Hbond substituents is 1. The van der Waals surface area contributed by atoms with E-state index in [9.17, 15) is 10.4 Å². The molecule has 1 N–H and O–H groups in total. The van der Waals surface area contributed by atoms with Crippen molar-refractivity contribution in [1.82, 2.24) is 0 Å². The summed E-state index contributed by atoms with van der Waals surface area (Å²) in [7, 11) is 0. The number of hydrogen-bond acceptors (Lipinski definition) is 4. The number of phenols is 1. The van der Waals surface area contributed by atoms with Crippen molar-refractivity contribution in [3.63, 3.8) is 0 Å². The molecule has 1 aliphatic carbocycles. The summed E-state index contributed by atoms with van der Waals surface area (Å²) in [6.45, 7) is 0. The molecule has 1 heterocycles. The molecule has 0 bridgehead atoms. The highest BCUT2D eigenvalue weighted by atomic mass is 35.5. The van der Waals surface area contributed by atoms with Gasteiger partial charge < -0.3 is 5.11 Å². The average molecular weight is 337 g/mol. The van der Waals surface area contributed by atoms with Gasteiger partial charge in [-0.25, -0.2) is 4.99 Å². The molecule has 0 saturated carbocycles. The lowest BCUT2D eigenvalue weighted by Crippen LogP contribution is -1.84. The van der Waals surface area contributed by atoms with Gasteiger partial charge in [0.1, 0.15) is 16.8 Å². The van der Waals surface area contributed by atoms with Gasteiger partial charge in [-0.15, -0.1) is 11.3 Å². The lowest BCUT2D eigenvalue weighted by Gasteiger charge is -2.02. The summed E-state index contributed by atoms with van der Waals surface area (Å²) >= 11 is 13.3. The van der Waals surface area contributed by atoms with E-state index in [-0.39, 0.29) is 10.8 Å². The van der Waals surface area contributed by atoms with Crippen LogP contribution in [0.25, 0.3) is 0 Å². The van der Waals surface area contributed by atoms with Crippen LogP contribution in [0.15, 0.2) is 17.1 Å². The smallest absolute Gasteiger partial charge is 0.143 e. The predicted octanol–water partition coefficient (Wildman–Crippen LogP) is 4.87. The monoisotopic (exact) mass is 336 g/mol. The number of fused-ring (bicyclic) bond motifs is 1. The van der Waals surface area contributed by atoms with Crippen LogP contribution in [0.4, 0.5) is 5.00 Å². The van der Waals surface area contributed by atoms with E-state index in [1.165, 1.54) is 28.5 Å². The topological polar surface area (TPSA) is 56.4 Å². The van der Waals surface area contributed by atoms with Crippen molar-refractivity contribution in [2.45, 2.75) is 19.3 Å². The summed E-state index contributed by atoms with van der Waals surface area (Å²) in [6, 6.07) is 5.28. The molecule has 3 rings (SSSR count). The number of aliphatic imine (C=N–C) groups is 1. The minimum atomic E-state index is -0.0626. The van der Waals surface area contributed by atoms with Gasteiger partial charge in [0, 0.05) is 21.7 Å². The molecule has 3 nitrogen and oxygen atoms in total. The second-order valence-corrected chi connectivity index (χ2v) is 6.66. The van der Waals surface area contributed by atoms with Gasteiger partial charge in [-0.2, -0.15) is 5.26 Å². The Morgan fingerprint density at radius 1 is 1.33 bits per heavy atom. The number of aromatic hydroxyl groups is 1. The predicted molar refractivity (Wildman–Crippen MR) is 86.4 cm³/mol. The van der Waals surface area contributed by atoms with Crippen LogP contribution >= 0.6 is 34.5 Å². The van der Waals surface area contributed by atoms with Crippen molar-refractivity contribution in [3.8, 4) is 11.8 Å². The van der Waals surface area contributed by atoms with E-state index in [0.717, 1.165) is 24.8 Å². The second-order valence-electron chi connectivity index (χ2n) is 4.73. The molecule has 0 radical (unpaired) electrons. The van der Waals surface area contributed by atoms with Crippen LogP contribution in [0.2, 0.25) is 10.0 Å². The number of nitrogens with zero attached hydrogens (tertiary/aromatic N) is 2. The van der Waals surface area contributed by atoms with Gasteiger partial charge in [-0.3, -0.25) is 0 Å². The average Bonchev–Trinajstić information content (AvgIpc) is 3.01. The van der Waals surface area contributed by atoms with Crippen LogP contribution in [-0.2, 0) is 12.8 Å². The normalized spacial score (nSPS) is 13.6. The Morgan fingerprint density at radius 2 is 2.14 bits per heavy atom. The first-order chi connectivity index (χ1) is 10.1. The van der Waals surface area contributed by atoms with Crippen molar-refractivity contribution in [2.24, 2.45) is 4.99 Å². The summed E-state index contributed by atoms with van der Waals surface area (Å²) in [5, 5.41) is 20.5.